The number of halogens is 2. The summed E-state index contributed by atoms with van der Waals surface area (Å²) >= 11 is 8.47. The minimum atomic E-state index is 0.184. The van der Waals surface area contributed by atoms with E-state index in [1.54, 1.807) is 7.11 Å². The molecule has 0 aliphatic carbocycles. The Morgan fingerprint density at radius 1 is 1.16 bits per heavy atom. The van der Waals surface area contributed by atoms with Crippen LogP contribution in [0.25, 0.3) is 0 Å². The highest BCUT2D eigenvalue weighted by atomic mass is 127. The molecule has 0 aliphatic rings. The van der Waals surface area contributed by atoms with Gasteiger partial charge >= 0.3 is 0 Å². The largest absolute Gasteiger partial charge is 0.497 e. The van der Waals surface area contributed by atoms with Crippen LogP contribution >= 0.6 is 34.2 Å². The Balaban J connectivity index is 2.13. The molecule has 0 spiro atoms. The van der Waals surface area contributed by atoms with Gasteiger partial charge in [0, 0.05) is 9.61 Å². The Labute approximate surface area is 132 Å². The number of nitrogens with one attached hydrogen (secondary N) is 1. The van der Waals surface area contributed by atoms with Gasteiger partial charge in [-0.1, -0.05) is 23.7 Å². The van der Waals surface area contributed by atoms with Crippen molar-refractivity contribution in [2.75, 3.05) is 12.4 Å². The van der Waals surface area contributed by atoms with Crippen molar-refractivity contribution in [3.05, 3.63) is 56.6 Å². The van der Waals surface area contributed by atoms with Gasteiger partial charge in [-0.05, 0) is 65.4 Å². The number of hydrogen-bond acceptors (Lipinski definition) is 2. The monoisotopic (exact) mass is 387 g/mol. The van der Waals surface area contributed by atoms with E-state index in [9.17, 15) is 0 Å². The van der Waals surface area contributed by atoms with Crippen molar-refractivity contribution >= 4 is 39.9 Å². The van der Waals surface area contributed by atoms with E-state index in [2.05, 4.69) is 47.0 Å². The van der Waals surface area contributed by atoms with Gasteiger partial charge in [-0.3, -0.25) is 0 Å². The summed E-state index contributed by atoms with van der Waals surface area (Å²) in [5.74, 6) is 0.864. The Bertz CT molecular complexity index is 557. The number of anilines is 1. The maximum atomic E-state index is 6.22. The van der Waals surface area contributed by atoms with Crippen LogP contribution in [0.1, 0.15) is 18.5 Å². The quantitative estimate of drug-likeness (QED) is 0.735. The Kier molecular flexibility index (Phi) is 4.93. The summed E-state index contributed by atoms with van der Waals surface area (Å²) in [4.78, 5) is 0. The van der Waals surface area contributed by atoms with Crippen molar-refractivity contribution < 1.29 is 4.74 Å². The molecule has 100 valence electrons. The maximum Gasteiger partial charge on any atom is 0.118 e. The SMILES string of the molecule is COc1ccc(C(C)Nc2ccc(I)cc2Cl)cc1. The third-order valence-electron chi connectivity index (χ3n) is 2.92. The van der Waals surface area contributed by atoms with E-state index in [-0.39, 0.29) is 6.04 Å². The highest BCUT2D eigenvalue weighted by Crippen LogP contribution is 2.28. The molecule has 1 unspecified atom stereocenters. The number of hydrogen-bond donors (Lipinski definition) is 1. The molecule has 2 aromatic carbocycles. The van der Waals surface area contributed by atoms with E-state index in [1.165, 1.54) is 5.56 Å². The fourth-order valence-corrected chi connectivity index (χ4v) is 2.73. The molecule has 0 bridgehead atoms. The first-order valence-corrected chi connectivity index (χ1v) is 7.41. The fourth-order valence-electron chi connectivity index (χ4n) is 1.82. The number of ether oxygens (including phenoxy) is 1. The molecular weight excluding hydrogens is 373 g/mol. The predicted octanol–water partition coefficient (Wildman–Crippen LogP) is 5.13. The van der Waals surface area contributed by atoms with Crippen LogP contribution in [0.15, 0.2) is 42.5 Å². The lowest BCUT2D eigenvalue weighted by molar-refractivity contribution is 0.414. The molecule has 0 aliphatic heterocycles. The van der Waals surface area contributed by atoms with E-state index in [4.69, 9.17) is 16.3 Å². The zero-order valence-electron chi connectivity index (χ0n) is 10.8. The molecule has 4 heteroatoms. The first kappa shape index (κ1) is 14.5. The lowest BCUT2D eigenvalue weighted by Crippen LogP contribution is -2.06. The second-order valence-electron chi connectivity index (χ2n) is 4.26. The molecule has 2 nitrogen and oxygen atoms in total. The minimum Gasteiger partial charge on any atom is -0.497 e. The summed E-state index contributed by atoms with van der Waals surface area (Å²) in [6.07, 6.45) is 0. The van der Waals surface area contributed by atoms with Gasteiger partial charge in [0.25, 0.3) is 0 Å². The first-order chi connectivity index (χ1) is 9.10. The van der Waals surface area contributed by atoms with Gasteiger partial charge in [0.15, 0.2) is 0 Å². The maximum absolute atomic E-state index is 6.22. The number of benzene rings is 2. The van der Waals surface area contributed by atoms with E-state index >= 15 is 0 Å². The topological polar surface area (TPSA) is 21.3 Å². The zero-order valence-corrected chi connectivity index (χ0v) is 13.7. The second-order valence-corrected chi connectivity index (χ2v) is 5.92. The zero-order chi connectivity index (χ0) is 13.8. The molecule has 0 aromatic heterocycles. The molecule has 0 saturated heterocycles. The Morgan fingerprint density at radius 3 is 2.42 bits per heavy atom. The van der Waals surface area contributed by atoms with Crippen molar-refractivity contribution in [1.82, 2.24) is 0 Å². The van der Waals surface area contributed by atoms with E-state index in [1.807, 2.05) is 30.3 Å². The third-order valence-corrected chi connectivity index (χ3v) is 3.90. The van der Waals surface area contributed by atoms with Crippen molar-refractivity contribution in [1.29, 1.82) is 0 Å². The van der Waals surface area contributed by atoms with Gasteiger partial charge < -0.3 is 10.1 Å². The minimum absolute atomic E-state index is 0.184. The van der Waals surface area contributed by atoms with Gasteiger partial charge in [-0.15, -0.1) is 0 Å². The molecule has 19 heavy (non-hydrogen) atoms. The van der Waals surface area contributed by atoms with E-state index in [0.717, 1.165) is 20.0 Å². The van der Waals surface area contributed by atoms with Crippen molar-refractivity contribution in [3.8, 4) is 5.75 Å². The average Bonchev–Trinajstić information content (AvgIpc) is 2.42. The summed E-state index contributed by atoms with van der Waals surface area (Å²) < 4.78 is 6.29. The van der Waals surface area contributed by atoms with Crippen molar-refractivity contribution in [2.45, 2.75) is 13.0 Å². The van der Waals surface area contributed by atoms with Crippen LogP contribution < -0.4 is 10.1 Å². The van der Waals surface area contributed by atoms with Crippen LogP contribution in [0.4, 0.5) is 5.69 Å². The summed E-state index contributed by atoms with van der Waals surface area (Å²) in [6.45, 7) is 2.11. The lowest BCUT2D eigenvalue weighted by atomic mass is 10.1. The summed E-state index contributed by atoms with van der Waals surface area (Å²) in [6, 6.07) is 14.2. The van der Waals surface area contributed by atoms with Crippen LogP contribution in [0, 0.1) is 3.57 Å². The smallest absolute Gasteiger partial charge is 0.118 e. The molecule has 0 fully saturated rings. The van der Waals surface area contributed by atoms with Gasteiger partial charge in [0.2, 0.25) is 0 Å². The highest BCUT2D eigenvalue weighted by Gasteiger charge is 2.08. The van der Waals surface area contributed by atoms with Crippen LogP contribution in [-0.2, 0) is 0 Å². The van der Waals surface area contributed by atoms with Crippen LogP contribution in [0.5, 0.6) is 5.75 Å². The molecule has 2 rings (SSSR count). The van der Waals surface area contributed by atoms with E-state index < -0.39 is 0 Å². The Hall–Kier alpha value is -0.940. The standard InChI is InChI=1S/C15H15ClINO/c1-10(11-3-6-13(19-2)7-4-11)18-15-8-5-12(17)9-14(15)16/h3-10,18H,1-2H3. The molecular formula is C15H15ClINO. The van der Waals surface area contributed by atoms with Gasteiger partial charge in [-0.2, -0.15) is 0 Å². The van der Waals surface area contributed by atoms with Gasteiger partial charge in [0.1, 0.15) is 5.75 Å². The fraction of sp³-hybridized carbons (Fsp3) is 0.200. The lowest BCUT2D eigenvalue weighted by Gasteiger charge is -2.17. The molecule has 0 saturated carbocycles. The first-order valence-electron chi connectivity index (χ1n) is 5.95. The molecule has 0 radical (unpaired) electrons. The van der Waals surface area contributed by atoms with Crippen molar-refractivity contribution in [3.63, 3.8) is 0 Å². The molecule has 1 atom stereocenters. The normalized spacial score (nSPS) is 12.0. The Morgan fingerprint density at radius 2 is 1.84 bits per heavy atom. The predicted molar refractivity (Wildman–Crippen MR) is 89.2 cm³/mol. The van der Waals surface area contributed by atoms with Gasteiger partial charge in [0.05, 0.1) is 17.8 Å². The molecule has 0 heterocycles. The third kappa shape index (κ3) is 3.76. The average molecular weight is 388 g/mol. The highest BCUT2D eigenvalue weighted by molar-refractivity contribution is 14.1. The van der Waals surface area contributed by atoms with E-state index in [0.29, 0.717) is 0 Å². The molecule has 0 amide bonds. The second kappa shape index (κ2) is 6.48. The summed E-state index contributed by atoms with van der Waals surface area (Å²) in [7, 11) is 1.67. The van der Waals surface area contributed by atoms with Crippen LogP contribution in [-0.4, -0.2) is 7.11 Å². The summed E-state index contributed by atoms with van der Waals surface area (Å²) in [5.41, 5.74) is 2.14. The van der Waals surface area contributed by atoms with Crippen LogP contribution in [0.2, 0.25) is 5.02 Å². The van der Waals surface area contributed by atoms with Crippen LogP contribution in [0.3, 0.4) is 0 Å². The molecule has 2 aromatic rings. The van der Waals surface area contributed by atoms with Crippen molar-refractivity contribution in [2.24, 2.45) is 0 Å². The molecule has 1 N–H and O–H groups in total. The number of rotatable bonds is 4. The van der Waals surface area contributed by atoms with Gasteiger partial charge in [-0.25, -0.2) is 0 Å². The number of methoxy groups -OCH3 is 1. The summed E-state index contributed by atoms with van der Waals surface area (Å²) in [5, 5.41) is 4.16.